The molecule has 0 saturated heterocycles. The maximum atomic E-state index is 11.6. The van der Waals surface area contributed by atoms with E-state index >= 15 is 0 Å². The molecule has 1 rings (SSSR count). The zero-order valence-corrected chi connectivity index (χ0v) is 11.2. The third-order valence-corrected chi connectivity index (χ3v) is 4.29. The summed E-state index contributed by atoms with van der Waals surface area (Å²) in [5, 5.41) is 12.2. The Morgan fingerprint density at radius 3 is 2.65 bits per heavy atom. The van der Waals surface area contributed by atoms with Gasteiger partial charge in [0.05, 0.1) is 5.69 Å². The van der Waals surface area contributed by atoms with Gasteiger partial charge in [-0.3, -0.25) is 0 Å². The SMILES string of the molecule is C=C(C)CNc1sc(C#N)c(N)c1S(C)(=O)=O. The number of rotatable bonds is 4. The number of anilines is 2. The Bertz CT molecular complexity index is 594. The van der Waals surface area contributed by atoms with Crippen LogP contribution in [0, 0.1) is 11.3 Å². The molecule has 1 heterocycles. The minimum Gasteiger partial charge on any atom is -0.396 e. The third-order valence-electron chi connectivity index (χ3n) is 1.92. The van der Waals surface area contributed by atoms with E-state index in [1.165, 1.54) is 0 Å². The van der Waals surface area contributed by atoms with Crippen molar-refractivity contribution >= 4 is 31.9 Å². The van der Waals surface area contributed by atoms with Gasteiger partial charge in [-0.1, -0.05) is 12.2 Å². The lowest BCUT2D eigenvalue weighted by Crippen LogP contribution is -2.07. The van der Waals surface area contributed by atoms with Crippen molar-refractivity contribution in [2.24, 2.45) is 0 Å². The quantitative estimate of drug-likeness (QED) is 0.811. The molecule has 0 spiro atoms. The highest BCUT2D eigenvalue weighted by atomic mass is 32.2. The average Bonchev–Trinajstić information content (AvgIpc) is 2.51. The molecule has 0 aliphatic heterocycles. The Morgan fingerprint density at radius 1 is 1.65 bits per heavy atom. The lowest BCUT2D eigenvalue weighted by atomic mass is 10.3. The van der Waals surface area contributed by atoms with Crippen LogP contribution in [0.4, 0.5) is 10.7 Å². The maximum Gasteiger partial charge on any atom is 0.180 e. The molecule has 0 radical (unpaired) electrons. The Kier molecular flexibility index (Phi) is 3.80. The lowest BCUT2D eigenvalue weighted by molar-refractivity contribution is 0.603. The molecule has 0 aliphatic carbocycles. The van der Waals surface area contributed by atoms with Crippen molar-refractivity contribution in [3.05, 3.63) is 17.0 Å². The van der Waals surface area contributed by atoms with Crippen molar-refractivity contribution in [2.75, 3.05) is 23.9 Å². The van der Waals surface area contributed by atoms with Gasteiger partial charge in [-0.15, -0.1) is 11.3 Å². The first-order valence-electron chi connectivity index (χ1n) is 4.68. The summed E-state index contributed by atoms with van der Waals surface area (Å²) in [6.07, 6.45) is 1.07. The minimum absolute atomic E-state index is 0.000278. The molecule has 0 bridgehead atoms. The van der Waals surface area contributed by atoms with Gasteiger partial charge < -0.3 is 11.1 Å². The smallest absolute Gasteiger partial charge is 0.180 e. The number of nitrogens with zero attached hydrogens (tertiary/aromatic N) is 1. The highest BCUT2D eigenvalue weighted by Crippen LogP contribution is 2.38. The van der Waals surface area contributed by atoms with Gasteiger partial charge >= 0.3 is 0 Å². The highest BCUT2D eigenvalue weighted by Gasteiger charge is 2.23. The second-order valence-electron chi connectivity index (χ2n) is 3.70. The summed E-state index contributed by atoms with van der Waals surface area (Å²) in [4.78, 5) is 0.204. The molecule has 3 N–H and O–H groups in total. The van der Waals surface area contributed by atoms with Gasteiger partial charge in [-0.05, 0) is 6.92 Å². The molecule has 1 aromatic rings. The zero-order chi connectivity index (χ0) is 13.2. The van der Waals surface area contributed by atoms with Crippen molar-refractivity contribution in [2.45, 2.75) is 11.8 Å². The molecule has 7 heteroatoms. The van der Waals surface area contributed by atoms with Crippen molar-refractivity contribution in [1.29, 1.82) is 5.26 Å². The van der Waals surface area contributed by atoms with E-state index in [2.05, 4.69) is 11.9 Å². The molecule has 0 amide bonds. The molecule has 0 saturated carbocycles. The van der Waals surface area contributed by atoms with Gasteiger partial charge in [0.25, 0.3) is 0 Å². The molecule has 1 aromatic heterocycles. The topological polar surface area (TPSA) is 96.0 Å². The molecule has 0 aromatic carbocycles. The fourth-order valence-electron chi connectivity index (χ4n) is 1.23. The normalized spacial score (nSPS) is 10.9. The maximum absolute atomic E-state index is 11.6. The average molecular weight is 271 g/mol. The highest BCUT2D eigenvalue weighted by molar-refractivity contribution is 7.91. The summed E-state index contributed by atoms with van der Waals surface area (Å²) in [6, 6.07) is 1.88. The Labute approximate surface area is 104 Å². The van der Waals surface area contributed by atoms with E-state index in [0.717, 1.165) is 23.2 Å². The molecule has 5 nitrogen and oxygen atoms in total. The number of nitrogen functional groups attached to an aromatic ring is 1. The van der Waals surface area contributed by atoms with Gasteiger partial charge in [0.1, 0.15) is 20.8 Å². The lowest BCUT2D eigenvalue weighted by Gasteiger charge is -2.05. The standard InChI is InChI=1S/C10H13N3O2S2/c1-6(2)5-13-10-9(17(3,14)15)8(12)7(4-11)16-10/h13H,1,5,12H2,2-3H3. The molecular weight excluding hydrogens is 258 g/mol. The first kappa shape index (κ1) is 13.5. The second-order valence-corrected chi connectivity index (χ2v) is 6.67. The van der Waals surface area contributed by atoms with Crippen molar-refractivity contribution < 1.29 is 8.42 Å². The summed E-state index contributed by atoms with van der Waals surface area (Å²) in [6.45, 7) is 5.96. The first-order chi connectivity index (χ1) is 7.77. The van der Waals surface area contributed by atoms with Gasteiger partial charge in [0, 0.05) is 12.8 Å². The summed E-state index contributed by atoms with van der Waals surface area (Å²) in [5.41, 5.74) is 6.53. The summed E-state index contributed by atoms with van der Waals surface area (Å²) in [5.74, 6) is 0. The fourth-order valence-corrected chi connectivity index (χ4v) is 3.59. The number of hydrogen-bond acceptors (Lipinski definition) is 6. The largest absolute Gasteiger partial charge is 0.396 e. The Morgan fingerprint density at radius 2 is 2.24 bits per heavy atom. The van der Waals surface area contributed by atoms with Crippen LogP contribution >= 0.6 is 11.3 Å². The Balaban J connectivity index is 3.30. The number of nitrogens with two attached hydrogens (primary N) is 1. The number of sulfone groups is 1. The number of thiophene rings is 1. The van der Waals surface area contributed by atoms with Crippen LogP contribution in [-0.2, 0) is 9.84 Å². The van der Waals surface area contributed by atoms with Crippen LogP contribution in [0.5, 0.6) is 0 Å². The van der Waals surface area contributed by atoms with Gasteiger partial charge in [-0.2, -0.15) is 5.26 Å². The summed E-state index contributed by atoms with van der Waals surface area (Å²) in [7, 11) is -3.46. The molecule has 92 valence electrons. The van der Waals surface area contributed by atoms with E-state index in [1.807, 2.05) is 13.0 Å². The fraction of sp³-hybridized carbons (Fsp3) is 0.300. The molecule has 0 fully saturated rings. The van der Waals surface area contributed by atoms with Gasteiger partial charge in [-0.25, -0.2) is 8.42 Å². The molecule has 0 atom stereocenters. The van der Waals surface area contributed by atoms with E-state index in [4.69, 9.17) is 11.0 Å². The molecule has 0 unspecified atom stereocenters. The second kappa shape index (κ2) is 4.77. The van der Waals surface area contributed by atoms with Crippen LogP contribution in [0.1, 0.15) is 11.8 Å². The van der Waals surface area contributed by atoms with Gasteiger partial charge in [0.15, 0.2) is 9.84 Å². The summed E-state index contributed by atoms with van der Waals surface area (Å²) >= 11 is 1.04. The third kappa shape index (κ3) is 2.99. The number of nitriles is 1. The minimum atomic E-state index is -3.46. The number of nitrogens with one attached hydrogen (secondary N) is 1. The Hall–Kier alpha value is -1.52. The van der Waals surface area contributed by atoms with E-state index in [0.29, 0.717) is 11.5 Å². The van der Waals surface area contributed by atoms with E-state index in [9.17, 15) is 8.42 Å². The zero-order valence-electron chi connectivity index (χ0n) is 9.57. The predicted molar refractivity (Wildman–Crippen MR) is 69.9 cm³/mol. The predicted octanol–water partition coefficient (Wildman–Crippen LogP) is 1.59. The number of hydrogen-bond donors (Lipinski definition) is 2. The van der Waals surface area contributed by atoms with Gasteiger partial charge in [0.2, 0.25) is 0 Å². The molecule has 0 aliphatic rings. The van der Waals surface area contributed by atoms with Crippen LogP contribution < -0.4 is 11.1 Å². The van der Waals surface area contributed by atoms with Crippen molar-refractivity contribution in [1.82, 2.24) is 0 Å². The van der Waals surface area contributed by atoms with E-state index in [1.54, 1.807) is 0 Å². The molecule has 17 heavy (non-hydrogen) atoms. The van der Waals surface area contributed by atoms with Crippen LogP contribution in [0.3, 0.4) is 0 Å². The van der Waals surface area contributed by atoms with Crippen LogP contribution in [0.15, 0.2) is 17.0 Å². The monoisotopic (exact) mass is 271 g/mol. The van der Waals surface area contributed by atoms with Crippen LogP contribution in [0.2, 0.25) is 0 Å². The van der Waals surface area contributed by atoms with Crippen LogP contribution in [-0.4, -0.2) is 21.2 Å². The summed E-state index contributed by atoms with van der Waals surface area (Å²) < 4.78 is 23.2. The van der Waals surface area contributed by atoms with Crippen molar-refractivity contribution in [3.63, 3.8) is 0 Å². The van der Waals surface area contributed by atoms with Crippen LogP contribution in [0.25, 0.3) is 0 Å². The molecular formula is C10H13N3O2S2. The van der Waals surface area contributed by atoms with Crippen molar-refractivity contribution in [3.8, 4) is 6.07 Å². The van der Waals surface area contributed by atoms with E-state index < -0.39 is 9.84 Å². The van der Waals surface area contributed by atoms with E-state index in [-0.39, 0.29) is 15.5 Å². The first-order valence-corrected chi connectivity index (χ1v) is 7.38.